The van der Waals surface area contributed by atoms with E-state index in [0.717, 1.165) is 32.5 Å². The Labute approximate surface area is 107 Å². The fourth-order valence-corrected chi connectivity index (χ4v) is 2.44. The molecule has 2 rings (SSSR count). The van der Waals surface area contributed by atoms with Crippen LogP contribution in [0.15, 0.2) is 18.2 Å². The molecule has 0 saturated carbocycles. The second kappa shape index (κ2) is 5.83. The van der Waals surface area contributed by atoms with E-state index in [2.05, 4.69) is 17.1 Å². The van der Waals surface area contributed by atoms with Crippen molar-refractivity contribution in [3.8, 4) is 6.07 Å². The van der Waals surface area contributed by atoms with Crippen LogP contribution in [-0.2, 0) is 0 Å². The van der Waals surface area contributed by atoms with Crippen molar-refractivity contribution >= 4 is 5.69 Å². The van der Waals surface area contributed by atoms with Crippen LogP contribution in [0.4, 0.5) is 10.1 Å². The second-order valence-corrected chi connectivity index (χ2v) is 4.65. The first-order valence-corrected chi connectivity index (χ1v) is 6.42. The number of likely N-dealkylation sites (tertiary alicyclic amines) is 1. The first-order valence-electron chi connectivity index (χ1n) is 6.42. The molecule has 1 atom stereocenters. The van der Waals surface area contributed by atoms with E-state index in [4.69, 9.17) is 5.26 Å². The number of halogens is 1. The molecule has 96 valence electrons. The molecule has 3 nitrogen and oxygen atoms in total. The summed E-state index contributed by atoms with van der Waals surface area (Å²) in [5, 5.41) is 12.3. The minimum atomic E-state index is -0.453. The molecule has 1 N–H and O–H groups in total. The maximum Gasteiger partial charge on any atom is 0.143 e. The number of likely N-dealkylation sites (N-methyl/N-ethyl adjacent to an activating group) is 1. The SMILES string of the molecule is CCN1CCCC(Nc2cccc(F)c2C#N)C1. The van der Waals surface area contributed by atoms with Crippen LogP contribution in [0.3, 0.4) is 0 Å². The Morgan fingerprint density at radius 2 is 2.39 bits per heavy atom. The van der Waals surface area contributed by atoms with Crippen LogP contribution in [0.1, 0.15) is 25.3 Å². The van der Waals surface area contributed by atoms with Crippen molar-refractivity contribution in [2.75, 3.05) is 25.0 Å². The molecule has 1 heterocycles. The topological polar surface area (TPSA) is 39.1 Å². The molecule has 0 spiro atoms. The Bertz CT molecular complexity index is 453. The molecule has 1 fully saturated rings. The van der Waals surface area contributed by atoms with Gasteiger partial charge in [-0.25, -0.2) is 4.39 Å². The van der Waals surface area contributed by atoms with Gasteiger partial charge in [0.15, 0.2) is 0 Å². The van der Waals surface area contributed by atoms with Gasteiger partial charge in [-0.1, -0.05) is 13.0 Å². The van der Waals surface area contributed by atoms with Gasteiger partial charge in [-0.05, 0) is 38.1 Å². The number of nitrogens with zero attached hydrogens (tertiary/aromatic N) is 2. The number of hydrogen-bond acceptors (Lipinski definition) is 3. The third-order valence-electron chi connectivity index (χ3n) is 3.44. The van der Waals surface area contributed by atoms with Gasteiger partial charge in [0.2, 0.25) is 0 Å². The highest BCUT2D eigenvalue weighted by atomic mass is 19.1. The van der Waals surface area contributed by atoms with E-state index in [1.54, 1.807) is 12.1 Å². The average molecular weight is 247 g/mol. The van der Waals surface area contributed by atoms with Crippen molar-refractivity contribution in [1.82, 2.24) is 4.90 Å². The number of piperidine rings is 1. The first kappa shape index (κ1) is 12.8. The van der Waals surface area contributed by atoms with Crippen molar-refractivity contribution in [2.24, 2.45) is 0 Å². The fourth-order valence-electron chi connectivity index (χ4n) is 2.44. The van der Waals surface area contributed by atoms with Crippen LogP contribution in [0.25, 0.3) is 0 Å². The van der Waals surface area contributed by atoms with E-state index >= 15 is 0 Å². The Morgan fingerprint density at radius 3 is 3.11 bits per heavy atom. The third kappa shape index (κ3) is 2.80. The van der Waals surface area contributed by atoms with Crippen LogP contribution in [0, 0.1) is 17.1 Å². The van der Waals surface area contributed by atoms with Crippen LogP contribution in [0.5, 0.6) is 0 Å². The van der Waals surface area contributed by atoms with Gasteiger partial charge >= 0.3 is 0 Å². The fraction of sp³-hybridized carbons (Fsp3) is 0.500. The summed E-state index contributed by atoms with van der Waals surface area (Å²) in [4.78, 5) is 2.37. The Kier molecular flexibility index (Phi) is 4.16. The summed E-state index contributed by atoms with van der Waals surface area (Å²) in [7, 11) is 0. The van der Waals surface area contributed by atoms with Gasteiger partial charge in [0.05, 0.1) is 5.69 Å². The molecule has 1 aliphatic heterocycles. The third-order valence-corrected chi connectivity index (χ3v) is 3.44. The van der Waals surface area contributed by atoms with E-state index in [1.165, 1.54) is 6.07 Å². The molecule has 1 aromatic rings. The molecule has 0 aliphatic carbocycles. The molecule has 1 aromatic carbocycles. The van der Waals surface area contributed by atoms with Crippen molar-refractivity contribution in [2.45, 2.75) is 25.8 Å². The van der Waals surface area contributed by atoms with Crippen LogP contribution < -0.4 is 5.32 Å². The lowest BCUT2D eigenvalue weighted by Crippen LogP contribution is -2.41. The zero-order valence-corrected chi connectivity index (χ0v) is 10.6. The summed E-state index contributed by atoms with van der Waals surface area (Å²) in [5.74, 6) is -0.453. The highest BCUT2D eigenvalue weighted by Gasteiger charge is 2.19. The highest BCUT2D eigenvalue weighted by molar-refractivity contribution is 5.58. The lowest BCUT2D eigenvalue weighted by atomic mass is 10.0. The largest absolute Gasteiger partial charge is 0.380 e. The Hall–Kier alpha value is -1.60. The summed E-state index contributed by atoms with van der Waals surface area (Å²) in [5.41, 5.74) is 0.728. The van der Waals surface area contributed by atoms with Crippen LogP contribution in [0.2, 0.25) is 0 Å². The normalized spacial score (nSPS) is 20.4. The monoisotopic (exact) mass is 247 g/mol. The molecular formula is C14H18FN3. The first-order chi connectivity index (χ1) is 8.74. The molecule has 0 bridgehead atoms. The van der Waals surface area contributed by atoms with E-state index in [9.17, 15) is 4.39 Å². The summed E-state index contributed by atoms with van der Waals surface area (Å²) in [6.07, 6.45) is 2.21. The number of nitrogens with one attached hydrogen (secondary N) is 1. The molecule has 1 saturated heterocycles. The van der Waals surface area contributed by atoms with Gasteiger partial charge in [-0.3, -0.25) is 0 Å². The molecule has 0 radical (unpaired) electrons. The lowest BCUT2D eigenvalue weighted by Gasteiger charge is -2.33. The summed E-state index contributed by atoms with van der Waals surface area (Å²) in [6, 6.07) is 6.96. The molecular weight excluding hydrogens is 229 g/mol. The van der Waals surface area contributed by atoms with Gasteiger partial charge in [-0.15, -0.1) is 0 Å². The lowest BCUT2D eigenvalue weighted by molar-refractivity contribution is 0.227. The second-order valence-electron chi connectivity index (χ2n) is 4.65. The summed E-state index contributed by atoms with van der Waals surface area (Å²) < 4.78 is 13.5. The van der Waals surface area contributed by atoms with E-state index in [0.29, 0.717) is 11.7 Å². The summed E-state index contributed by atoms with van der Waals surface area (Å²) >= 11 is 0. The zero-order chi connectivity index (χ0) is 13.0. The van der Waals surface area contributed by atoms with Gasteiger partial charge < -0.3 is 10.2 Å². The zero-order valence-electron chi connectivity index (χ0n) is 10.6. The Balaban J connectivity index is 2.10. The molecule has 0 amide bonds. The van der Waals surface area contributed by atoms with Gasteiger partial charge in [-0.2, -0.15) is 5.26 Å². The van der Waals surface area contributed by atoms with Gasteiger partial charge in [0, 0.05) is 12.6 Å². The van der Waals surface area contributed by atoms with Gasteiger partial charge in [0.25, 0.3) is 0 Å². The maximum atomic E-state index is 13.5. The highest BCUT2D eigenvalue weighted by Crippen LogP contribution is 2.21. The maximum absolute atomic E-state index is 13.5. The molecule has 4 heteroatoms. The van der Waals surface area contributed by atoms with Crippen molar-refractivity contribution in [3.05, 3.63) is 29.6 Å². The predicted molar refractivity (Wildman–Crippen MR) is 69.9 cm³/mol. The number of hydrogen-bond donors (Lipinski definition) is 1. The van der Waals surface area contributed by atoms with Crippen LogP contribution in [-0.4, -0.2) is 30.6 Å². The number of nitriles is 1. The number of benzene rings is 1. The van der Waals surface area contributed by atoms with E-state index < -0.39 is 5.82 Å². The summed E-state index contributed by atoms with van der Waals surface area (Å²) in [6.45, 7) is 5.26. The van der Waals surface area contributed by atoms with E-state index in [1.807, 2.05) is 6.07 Å². The molecule has 18 heavy (non-hydrogen) atoms. The predicted octanol–water partition coefficient (Wildman–Crippen LogP) is 2.59. The smallest absolute Gasteiger partial charge is 0.143 e. The minimum Gasteiger partial charge on any atom is -0.380 e. The quantitative estimate of drug-likeness (QED) is 0.892. The number of anilines is 1. The molecule has 1 aliphatic rings. The standard InChI is InChI=1S/C14H18FN3/c1-2-18-8-4-5-11(10-18)17-14-7-3-6-13(15)12(14)9-16/h3,6-7,11,17H,2,4-5,8,10H2,1H3. The van der Waals surface area contributed by atoms with Gasteiger partial charge in [0.1, 0.15) is 17.4 Å². The van der Waals surface area contributed by atoms with Crippen molar-refractivity contribution < 1.29 is 4.39 Å². The van der Waals surface area contributed by atoms with Crippen molar-refractivity contribution in [3.63, 3.8) is 0 Å². The molecule has 0 aromatic heterocycles. The average Bonchev–Trinajstić information content (AvgIpc) is 2.39. The number of rotatable bonds is 3. The Morgan fingerprint density at radius 1 is 1.56 bits per heavy atom. The van der Waals surface area contributed by atoms with Crippen molar-refractivity contribution in [1.29, 1.82) is 5.26 Å². The minimum absolute atomic E-state index is 0.117. The van der Waals surface area contributed by atoms with Crippen LogP contribution >= 0.6 is 0 Å². The van der Waals surface area contributed by atoms with E-state index in [-0.39, 0.29) is 5.56 Å². The molecule has 1 unspecified atom stereocenters.